The molecule has 2 fully saturated rings. The Morgan fingerprint density at radius 2 is 1.96 bits per heavy atom. The average molecular weight is 364 g/mol. The van der Waals surface area contributed by atoms with E-state index in [1.807, 2.05) is 4.90 Å². The number of likely N-dealkylation sites (tertiary alicyclic amines) is 2. The second kappa shape index (κ2) is 7.75. The van der Waals surface area contributed by atoms with Gasteiger partial charge >= 0.3 is 0 Å². The Morgan fingerprint density at radius 3 is 2.60 bits per heavy atom. The average Bonchev–Trinajstić information content (AvgIpc) is 3.02. The molecule has 3 rings (SSSR count). The molecule has 2 amide bonds. The van der Waals surface area contributed by atoms with E-state index in [0.717, 1.165) is 25.8 Å². The van der Waals surface area contributed by atoms with Gasteiger partial charge in [-0.2, -0.15) is 0 Å². The van der Waals surface area contributed by atoms with Gasteiger partial charge in [-0.05, 0) is 62.9 Å². The molecule has 2 saturated heterocycles. The number of carbonyl (C=O) groups excluding carboxylic acids is 2. The Morgan fingerprint density at radius 1 is 1.24 bits per heavy atom. The maximum absolute atomic E-state index is 13.0. The molecule has 6 heteroatoms. The third kappa shape index (κ3) is 3.98. The first kappa shape index (κ1) is 18.2. The molecule has 3 atom stereocenters. The van der Waals surface area contributed by atoms with Gasteiger partial charge in [0.15, 0.2) is 0 Å². The van der Waals surface area contributed by atoms with Crippen molar-refractivity contribution in [2.24, 2.45) is 17.6 Å². The summed E-state index contributed by atoms with van der Waals surface area (Å²) in [7, 11) is 0. The van der Waals surface area contributed by atoms with Crippen LogP contribution in [0.2, 0.25) is 5.02 Å². The van der Waals surface area contributed by atoms with Gasteiger partial charge in [0.1, 0.15) is 0 Å². The van der Waals surface area contributed by atoms with E-state index in [-0.39, 0.29) is 23.8 Å². The standard InChI is InChI=1S/C19H26ClN3O2/c1-13-9-14(10-21)11-23(13)19(25)16-3-2-8-22(12-16)18(24)15-4-6-17(20)7-5-15/h4-7,13-14,16H,2-3,8-12,21H2,1H3. The summed E-state index contributed by atoms with van der Waals surface area (Å²) in [5.41, 5.74) is 6.39. The number of hydrogen-bond acceptors (Lipinski definition) is 3. The maximum atomic E-state index is 13.0. The molecule has 0 bridgehead atoms. The fourth-order valence-corrected chi connectivity index (χ4v) is 4.12. The predicted molar refractivity (Wildman–Crippen MR) is 98.4 cm³/mol. The van der Waals surface area contributed by atoms with Crippen LogP contribution in [0.5, 0.6) is 0 Å². The lowest BCUT2D eigenvalue weighted by Gasteiger charge is -2.35. The van der Waals surface area contributed by atoms with Crippen molar-refractivity contribution in [2.45, 2.75) is 32.2 Å². The Hall–Kier alpha value is -1.59. The number of rotatable bonds is 3. The molecule has 1 aromatic rings. The van der Waals surface area contributed by atoms with Gasteiger partial charge in [0, 0.05) is 36.3 Å². The highest BCUT2D eigenvalue weighted by molar-refractivity contribution is 6.30. The third-order valence-corrected chi connectivity index (χ3v) is 5.68. The van der Waals surface area contributed by atoms with E-state index in [0.29, 0.717) is 36.1 Å². The Balaban J connectivity index is 1.65. The summed E-state index contributed by atoms with van der Waals surface area (Å²) in [6.07, 6.45) is 2.68. The van der Waals surface area contributed by atoms with E-state index < -0.39 is 0 Å². The molecule has 0 aromatic heterocycles. The largest absolute Gasteiger partial charge is 0.339 e. The van der Waals surface area contributed by atoms with E-state index >= 15 is 0 Å². The highest BCUT2D eigenvalue weighted by atomic mass is 35.5. The maximum Gasteiger partial charge on any atom is 0.253 e. The minimum atomic E-state index is -0.107. The Bertz CT molecular complexity index is 634. The molecule has 3 unspecified atom stereocenters. The van der Waals surface area contributed by atoms with Crippen LogP contribution in [0, 0.1) is 11.8 Å². The van der Waals surface area contributed by atoms with Crippen LogP contribution in [0.3, 0.4) is 0 Å². The Kier molecular flexibility index (Phi) is 5.64. The van der Waals surface area contributed by atoms with Crippen molar-refractivity contribution in [3.8, 4) is 0 Å². The van der Waals surface area contributed by atoms with Crippen molar-refractivity contribution >= 4 is 23.4 Å². The van der Waals surface area contributed by atoms with Crippen molar-refractivity contribution in [3.63, 3.8) is 0 Å². The van der Waals surface area contributed by atoms with E-state index in [9.17, 15) is 9.59 Å². The van der Waals surface area contributed by atoms with Crippen LogP contribution in [0.15, 0.2) is 24.3 Å². The van der Waals surface area contributed by atoms with Crippen molar-refractivity contribution in [1.82, 2.24) is 9.80 Å². The topological polar surface area (TPSA) is 66.6 Å². The van der Waals surface area contributed by atoms with Crippen molar-refractivity contribution in [3.05, 3.63) is 34.9 Å². The lowest BCUT2D eigenvalue weighted by molar-refractivity contribution is -0.137. The zero-order valence-corrected chi connectivity index (χ0v) is 15.4. The van der Waals surface area contributed by atoms with Crippen molar-refractivity contribution < 1.29 is 9.59 Å². The minimum absolute atomic E-state index is 0.0246. The molecule has 2 heterocycles. The van der Waals surface area contributed by atoms with E-state index in [1.54, 1.807) is 29.2 Å². The molecule has 2 N–H and O–H groups in total. The molecule has 0 radical (unpaired) electrons. The van der Waals surface area contributed by atoms with E-state index in [4.69, 9.17) is 17.3 Å². The molecule has 136 valence electrons. The number of nitrogens with zero attached hydrogens (tertiary/aromatic N) is 2. The van der Waals surface area contributed by atoms with Gasteiger partial charge in [0.25, 0.3) is 5.91 Å². The summed E-state index contributed by atoms with van der Waals surface area (Å²) in [5.74, 6) is 0.443. The van der Waals surface area contributed by atoms with Gasteiger partial charge < -0.3 is 15.5 Å². The number of hydrogen-bond donors (Lipinski definition) is 1. The summed E-state index contributed by atoms with van der Waals surface area (Å²) >= 11 is 5.89. The molecule has 5 nitrogen and oxygen atoms in total. The number of nitrogens with two attached hydrogens (primary N) is 1. The third-order valence-electron chi connectivity index (χ3n) is 5.43. The van der Waals surface area contributed by atoms with Crippen molar-refractivity contribution in [1.29, 1.82) is 0 Å². The number of halogens is 1. The van der Waals surface area contributed by atoms with Crippen LogP contribution < -0.4 is 5.73 Å². The van der Waals surface area contributed by atoms with Crippen LogP contribution in [0.25, 0.3) is 0 Å². The summed E-state index contributed by atoms with van der Waals surface area (Å²) in [6.45, 7) is 4.66. The molecular formula is C19H26ClN3O2. The van der Waals surface area contributed by atoms with Crippen LogP contribution >= 0.6 is 11.6 Å². The van der Waals surface area contributed by atoms with Gasteiger partial charge in [0.05, 0.1) is 5.92 Å². The van der Waals surface area contributed by atoms with Crippen LogP contribution in [-0.2, 0) is 4.79 Å². The fourth-order valence-electron chi connectivity index (χ4n) is 3.99. The first-order valence-electron chi connectivity index (χ1n) is 9.05. The molecule has 0 saturated carbocycles. The first-order valence-corrected chi connectivity index (χ1v) is 9.42. The zero-order valence-electron chi connectivity index (χ0n) is 14.7. The molecule has 0 aliphatic carbocycles. The van der Waals surface area contributed by atoms with E-state index in [1.165, 1.54) is 0 Å². The predicted octanol–water partition coefficient (Wildman–Crippen LogP) is 2.39. The number of benzene rings is 1. The second-order valence-electron chi connectivity index (χ2n) is 7.27. The van der Waals surface area contributed by atoms with Gasteiger partial charge in [-0.15, -0.1) is 0 Å². The minimum Gasteiger partial charge on any atom is -0.339 e. The number of carbonyl (C=O) groups is 2. The molecule has 0 spiro atoms. The zero-order chi connectivity index (χ0) is 18.0. The lowest BCUT2D eigenvalue weighted by atomic mass is 9.95. The van der Waals surface area contributed by atoms with E-state index in [2.05, 4.69) is 6.92 Å². The molecular weight excluding hydrogens is 338 g/mol. The van der Waals surface area contributed by atoms with Crippen LogP contribution in [0.4, 0.5) is 0 Å². The molecule has 2 aliphatic heterocycles. The second-order valence-corrected chi connectivity index (χ2v) is 7.71. The Labute approximate surface area is 154 Å². The summed E-state index contributed by atoms with van der Waals surface area (Å²) in [5, 5.41) is 0.612. The quantitative estimate of drug-likeness (QED) is 0.896. The molecule has 25 heavy (non-hydrogen) atoms. The molecule has 1 aromatic carbocycles. The lowest BCUT2D eigenvalue weighted by Crippen LogP contribution is -2.47. The SMILES string of the molecule is CC1CC(CN)CN1C(=O)C1CCCN(C(=O)c2ccc(Cl)cc2)C1. The first-order chi connectivity index (χ1) is 12.0. The summed E-state index contributed by atoms with van der Waals surface area (Å²) < 4.78 is 0. The van der Waals surface area contributed by atoms with Gasteiger partial charge in [0.2, 0.25) is 5.91 Å². The normalized spacial score (nSPS) is 26.8. The van der Waals surface area contributed by atoms with Gasteiger partial charge in [-0.1, -0.05) is 11.6 Å². The molecule has 2 aliphatic rings. The van der Waals surface area contributed by atoms with Gasteiger partial charge in [-0.3, -0.25) is 9.59 Å². The highest BCUT2D eigenvalue weighted by Crippen LogP contribution is 2.27. The van der Waals surface area contributed by atoms with Crippen LogP contribution in [0.1, 0.15) is 36.5 Å². The number of piperidine rings is 1. The summed E-state index contributed by atoms with van der Waals surface area (Å²) in [4.78, 5) is 29.4. The summed E-state index contributed by atoms with van der Waals surface area (Å²) in [6, 6.07) is 7.17. The fraction of sp³-hybridized carbons (Fsp3) is 0.579. The van der Waals surface area contributed by atoms with Crippen LogP contribution in [-0.4, -0.2) is 53.8 Å². The van der Waals surface area contributed by atoms with Gasteiger partial charge in [-0.25, -0.2) is 0 Å². The number of amides is 2. The smallest absolute Gasteiger partial charge is 0.253 e. The monoisotopic (exact) mass is 363 g/mol. The highest BCUT2D eigenvalue weighted by Gasteiger charge is 2.37. The van der Waals surface area contributed by atoms with Crippen molar-refractivity contribution in [2.75, 3.05) is 26.2 Å².